The molecule has 0 fully saturated rings. The quantitative estimate of drug-likeness (QED) is 0.0880. The third-order valence-corrected chi connectivity index (χ3v) is 8.11. The van der Waals surface area contributed by atoms with Gasteiger partial charge in [0.2, 0.25) is 16.4 Å². The fourth-order valence-corrected chi connectivity index (χ4v) is 5.50. The maximum atomic E-state index is 12.7. The molecule has 1 atom stereocenters. The Morgan fingerprint density at radius 1 is 1.10 bits per heavy atom. The zero-order valence-corrected chi connectivity index (χ0v) is 23.6. The number of rotatable bonds is 14. The van der Waals surface area contributed by atoms with Crippen LogP contribution in [0.1, 0.15) is 36.6 Å². The van der Waals surface area contributed by atoms with Crippen LogP contribution in [0.2, 0.25) is 0 Å². The number of aryl methyl sites for hydroxylation is 1. The fourth-order valence-electron chi connectivity index (χ4n) is 3.27. The van der Waals surface area contributed by atoms with Gasteiger partial charge in [-0.3, -0.25) is 10.0 Å². The lowest BCUT2D eigenvalue weighted by molar-refractivity contribution is -0.158. The fraction of sp³-hybridized carbons (Fsp3) is 0.250. The molecule has 2 N–H and O–H groups in total. The van der Waals surface area contributed by atoms with Crippen molar-refractivity contribution in [2.75, 3.05) is 12.4 Å². The number of amides is 1. The third-order valence-electron chi connectivity index (χ3n) is 5.34. The number of nitrogens with one attached hydrogen (secondary N) is 1. The minimum Gasteiger partial charge on any atom is -0.481 e. The molecule has 208 valence electrons. The van der Waals surface area contributed by atoms with Crippen LogP contribution in [0.3, 0.4) is 0 Å². The highest BCUT2D eigenvalue weighted by atomic mass is 32.2. The first-order valence-electron chi connectivity index (χ1n) is 11.8. The van der Waals surface area contributed by atoms with Gasteiger partial charge in [0.15, 0.2) is 9.84 Å². The van der Waals surface area contributed by atoms with Gasteiger partial charge in [0.05, 0.1) is 16.7 Å². The lowest BCUT2D eigenvalue weighted by Gasteiger charge is -2.22. The van der Waals surface area contributed by atoms with E-state index in [9.17, 15) is 26.8 Å². The smallest absolute Gasteiger partial charge is 0.240 e. The zero-order chi connectivity index (χ0) is 28.9. The lowest BCUT2D eigenvalue weighted by atomic mass is 10.1. The second-order valence-electron chi connectivity index (χ2n) is 8.32. The first kappa shape index (κ1) is 31.5. The van der Waals surface area contributed by atoms with Crippen molar-refractivity contribution in [3.8, 4) is 11.8 Å². The molecule has 0 radical (unpaired) electrons. The maximum Gasteiger partial charge on any atom is 0.240 e. The highest BCUT2D eigenvalue weighted by molar-refractivity contribution is 7.94. The molecule has 0 aliphatic heterocycles. The Morgan fingerprint density at radius 3 is 2.36 bits per heavy atom. The molecule has 2 rings (SSSR count). The molecule has 0 aliphatic rings. The van der Waals surface area contributed by atoms with Gasteiger partial charge in [-0.15, -0.1) is 5.92 Å². The van der Waals surface area contributed by atoms with Crippen LogP contribution in [-0.4, -0.2) is 45.9 Å². The zero-order valence-electron chi connectivity index (χ0n) is 21.9. The summed E-state index contributed by atoms with van der Waals surface area (Å²) in [7, 11) is -7.60. The molecule has 2 aromatic carbocycles. The molecular weight excluding hydrogens is 540 g/mol. The van der Waals surface area contributed by atoms with E-state index in [1.165, 1.54) is 36.4 Å². The average molecular weight is 573 g/mol. The second-order valence-corrected chi connectivity index (χ2v) is 12.0. The largest absolute Gasteiger partial charge is 0.481 e. The number of hydroxylamine groups is 2. The van der Waals surface area contributed by atoms with Gasteiger partial charge in [-0.1, -0.05) is 54.0 Å². The molecule has 39 heavy (non-hydrogen) atoms. The van der Waals surface area contributed by atoms with Gasteiger partial charge < -0.3 is 4.74 Å². The molecule has 1 unspecified atom stereocenters. The van der Waals surface area contributed by atoms with E-state index < -0.39 is 31.7 Å². The second kappa shape index (κ2) is 15.0. The van der Waals surface area contributed by atoms with Crippen LogP contribution in [0.15, 0.2) is 88.9 Å². The Labute approximate surface area is 230 Å². The number of sulfone groups is 1. The predicted molar refractivity (Wildman–Crippen MR) is 149 cm³/mol. The molecule has 0 aliphatic carbocycles. The van der Waals surface area contributed by atoms with Gasteiger partial charge in [0.25, 0.3) is 0 Å². The van der Waals surface area contributed by atoms with Crippen molar-refractivity contribution in [1.82, 2.24) is 9.79 Å². The van der Waals surface area contributed by atoms with Gasteiger partial charge in [-0.05, 0) is 62.3 Å². The van der Waals surface area contributed by atoms with E-state index in [0.29, 0.717) is 16.9 Å². The number of hydrogen-bond donors (Lipinski definition) is 2. The van der Waals surface area contributed by atoms with Gasteiger partial charge in [-0.2, -0.15) is 0 Å². The first-order valence-corrected chi connectivity index (χ1v) is 15.0. The van der Waals surface area contributed by atoms with Crippen molar-refractivity contribution in [2.45, 2.75) is 38.3 Å². The van der Waals surface area contributed by atoms with E-state index in [1.807, 2.05) is 6.92 Å². The van der Waals surface area contributed by atoms with Crippen molar-refractivity contribution < 1.29 is 31.6 Å². The summed E-state index contributed by atoms with van der Waals surface area (Å²) in [5.41, 5.74) is 1.88. The number of nitrogens with zero attached hydrogens (tertiary/aromatic N) is 1. The molecule has 11 heteroatoms. The Kier molecular flexibility index (Phi) is 12.2. The highest BCUT2D eigenvalue weighted by Gasteiger charge is 2.24. The monoisotopic (exact) mass is 572 g/mol. The predicted octanol–water partition coefficient (Wildman–Crippen LogP) is 3.79. The van der Waals surface area contributed by atoms with Gasteiger partial charge in [-0.25, -0.2) is 26.6 Å². The van der Waals surface area contributed by atoms with Crippen LogP contribution in [0, 0.1) is 18.8 Å². The maximum absolute atomic E-state index is 12.7. The minimum absolute atomic E-state index is 0.00844. The molecule has 2 aromatic rings. The van der Waals surface area contributed by atoms with Crippen LogP contribution < -0.4 is 4.72 Å². The number of allylic oxidation sites excluding steroid dienone is 4. The summed E-state index contributed by atoms with van der Waals surface area (Å²) in [4.78, 5) is 11.4. The number of sulfonamides is 1. The number of carbonyl (C=O) groups is 1. The van der Waals surface area contributed by atoms with Crippen LogP contribution in [0.5, 0.6) is 0 Å². The van der Waals surface area contributed by atoms with E-state index in [1.54, 1.807) is 50.3 Å². The highest BCUT2D eigenvalue weighted by Crippen LogP contribution is 2.22. The normalized spacial score (nSPS) is 13.2. The van der Waals surface area contributed by atoms with Crippen molar-refractivity contribution in [2.24, 2.45) is 0 Å². The molecule has 9 nitrogen and oxygen atoms in total. The molecule has 0 bridgehead atoms. The molecular formula is C28H32N2O7S2. The Bertz CT molecular complexity index is 1470. The van der Waals surface area contributed by atoms with Gasteiger partial charge >= 0.3 is 0 Å². The number of carbonyl (C=O) groups excluding carboxylic acids is 1. The van der Waals surface area contributed by atoms with Crippen LogP contribution in [0.4, 0.5) is 0 Å². The number of hydrogen-bond acceptors (Lipinski definition) is 7. The average Bonchev–Trinajstić information content (AvgIpc) is 2.91. The summed E-state index contributed by atoms with van der Waals surface area (Å²) in [5.74, 6) is 5.26. The summed E-state index contributed by atoms with van der Waals surface area (Å²) in [6.07, 6.45) is 6.27. The van der Waals surface area contributed by atoms with Gasteiger partial charge in [0.1, 0.15) is 12.4 Å². The Hall–Kier alpha value is -3.69. The summed E-state index contributed by atoms with van der Waals surface area (Å²) in [6, 6.07) is 11.5. The molecule has 0 aromatic heterocycles. The summed E-state index contributed by atoms with van der Waals surface area (Å²) in [5, 5.41) is 11.3. The first-order chi connectivity index (χ1) is 18.5. The van der Waals surface area contributed by atoms with Crippen LogP contribution in [0.25, 0.3) is 0 Å². The number of benzene rings is 2. The minimum atomic E-state index is -3.88. The molecule has 0 saturated heterocycles. The Morgan fingerprint density at radius 2 is 1.77 bits per heavy atom. The molecule has 1 amide bonds. The van der Waals surface area contributed by atoms with Crippen molar-refractivity contribution in [3.05, 3.63) is 101 Å². The van der Waals surface area contributed by atoms with E-state index >= 15 is 0 Å². The molecule has 0 spiro atoms. The molecule has 0 saturated carbocycles. The summed E-state index contributed by atoms with van der Waals surface area (Å²) < 4.78 is 58.5. The van der Waals surface area contributed by atoms with E-state index in [2.05, 4.69) is 16.6 Å². The van der Waals surface area contributed by atoms with Crippen LogP contribution in [-0.2, 0) is 35.9 Å². The SMILES string of the molecule is CC#CCOC(/C=C\C)=C/C=C/S(=O)(=O)CC(c1ccc(CNS(=O)(=O)c2ccc(C)cc2)cc1)N(O)C=O. The van der Waals surface area contributed by atoms with Crippen LogP contribution >= 0.6 is 0 Å². The lowest BCUT2D eigenvalue weighted by Crippen LogP contribution is -2.29. The van der Waals surface area contributed by atoms with Crippen molar-refractivity contribution in [3.63, 3.8) is 0 Å². The van der Waals surface area contributed by atoms with Crippen molar-refractivity contribution >= 4 is 26.3 Å². The molecule has 0 heterocycles. The number of ether oxygens (including phenoxy) is 1. The van der Waals surface area contributed by atoms with E-state index in [0.717, 1.165) is 11.0 Å². The van der Waals surface area contributed by atoms with Gasteiger partial charge in [0, 0.05) is 12.0 Å². The van der Waals surface area contributed by atoms with E-state index in [-0.39, 0.29) is 29.5 Å². The van der Waals surface area contributed by atoms with E-state index in [4.69, 9.17) is 4.74 Å². The van der Waals surface area contributed by atoms with Crippen molar-refractivity contribution in [1.29, 1.82) is 0 Å². The standard InChI is InChI=1S/C28H32N2O7S2/c1-4-6-18-37-26(8-5-2)9-7-19-38(33,34)21-28(30(32)22-31)25-14-12-24(13-15-25)20-29-39(35,36)27-16-10-23(3)11-17-27/h5,7-17,19,22,28-29,32H,18,20-21H2,1-3H3/b8-5-,19-7+,26-9+. The Balaban J connectivity index is 2.14. The third kappa shape index (κ3) is 10.5. The summed E-state index contributed by atoms with van der Waals surface area (Å²) >= 11 is 0. The summed E-state index contributed by atoms with van der Waals surface area (Å²) in [6.45, 7) is 5.46. The topological polar surface area (TPSA) is 130 Å².